The summed E-state index contributed by atoms with van der Waals surface area (Å²) in [6.45, 7) is 3.24. The minimum atomic E-state index is -4.82. The molecule has 4 rings (SSSR count). The molecule has 0 aromatic heterocycles. The third-order valence-electron chi connectivity index (χ3n) is 7.80. The first-order valence-corrected chi connectivity index (χ1v) is 12.0. The van der Waals surface area contributed by atoms with Crippen molar-refractivity contribution in [2.24, 2.45) is 29.6 Å². The maximum Gasteiger partial charge on any atom is 0.458 e. The van der Waals surface area contributed by atoms with Crippen molar-refractivity contribution in [1.29, 1.82) is 0 Å². The predicted molar refractivity (Wildman–Crippen MR) is 114 cm³/mol. The molecule has 1 heterocycles. The first kappa shape index (κ1) is 24.5. The van der Waals surface area contributed by atoms with Gasteiger partial charge in [-0.15, -0.1) is 0 Å². The SMILES string of the molecule is CC1CCC(C2CCC(C3COC(c4cc(F)c(C#CC(F)(F)F)c(F)c4)OC3)CC2)CC1. The molecule has 0 N–H and O–H groups in total. The number of hydrogen-bond acceptors (Lipinski definition) is 2. The maximum atomic E-state index is 14.2. The van der Waals surface area contributed by atoms with Crippen molar-refractivity contribution in [3.8, 4) is 11.8 Å². The van der Waals surface area contributed by atoms with Gasteiger partial charge in [0.15, 0.2) is 6.29 Å². The number of benzene rings is 1. The van der Waals surface area contributed by atoms with E-state index in [2.05, 4.69) is 6.92 Å². The van der Waals surface area contributed by atoms with Crippen LogP contribution in [0.25, 0.3) is 0 Å². The molecule has 1 saturated heterocycles. The van der Waals surface area contributed by atoms with Gasteiger partial charge < -0.3 is 9.47 Å². The Bertz CT molecular complexity index is 840. The summed E-state index contributed by atoms with van der Waals surface area (Å²) in [5.41, 5.74) is -0.801. The highest BCUT2D eigenvalue weighted by atomic mass is 19.4. The van der Waals surface area contributed by atoms with E-state index in [1.807, 2.05) is 0 Å². The van der Waals surface area contributed by atoms with Gasteiger partial charge in [-0.2, -0.15) is 13.2 Å². The van der Waals surface area contributed by atoms with E-state index in [-0.39, 0.29) is 11.5 Å². The van der Waals surface area contributed by atoms with Gasteiger partial charge in [0.25, 0.3) is 0 Å². The Morgan fingerprint density at radius 3 is 1.70 bits per heavy atom. The third kappa shape index (κ3) is 6.27. The quantitative estimate of drug-likeness (QED) is 0.344. The minimum absolute atomic E-state index is 0.108. The summed E-state index contributed by atoms with van der Waals surface area (Å²) in [5.74, 6) is 3.45. The number of ether oxygens (including phenoxy) is 2. The van der Waals surface area contributed by atoms with E-state index in [0.717, 1.165) is 48.6 Å². The first-order chi connectivity index (χ1) is 15.7. The molecule has 2 aliphatic carbocycles. The molecule has 3 aliphatic rings. The summed E-state index contributed by atoms with van der Waals surface area (Å²) in [5, 5.41) is 0. The zero-order chi connectivity index (χ0) is 23.6. The van der Waals surface area contributed by atoms with Crippen molar-refractivity contribution in [1.82, 2.24) is 0 Å². The molecule has 3 fully saturated rings. The van der Waals surface area contributed by atoms with Crippen LogP contribution in [-0.4, -0.2) is 19.4 Å². The summed E-state index contributed by atoms with van der Waals surface area (Å²) in [4.78, 5) is 0. The highest BCUT2D eigenvalue weighted by Gasteiger charge is 2.35. The molecule has 33 heavy (non-hydrogen) atoms. The zero-order valence-electron chi connectivity index (χ0n) is 18.9. The van der Waals surface area contributed by atoms with Crippen LogP contribution < -0.4 is 0 Å². The van der Waals surface area contributed by atoms with Crippen LogP contribution >= 0.6 is 0 Å². The lowest BCUT2D eigenvalue weighted by Gasteiger charge is -2.41. The van der Waals surface area contributed by atoms with Gasteiger partial charge in [0, 0.05) is 17.4 Å². The van der Waals surface area contributed by atoms with Gasteiger partial charge in [-0.3, -0.25) is 0 Å². The highest BCUT2D eigenvalue weighted by molar-refractivity contribution is 5.40. The topological polar surface area (TPSA) is 18.5 Å². The minimum Gasteiger partial charge on any atom is -0.348 e. The predicted octanol–water partition coefficient (Wildman–Crippen LogP) is 7.17. The molecule has 2 saturated carbocycles. The number of halogens is 5. The van der Waals surface area contributed by atoms with Gasteiger partial charge >= 0.3 is 6.18 Å². The number of alkyl halides is 3. The Morgan fingerprint density at radius 2 is 1.21 bits per heavy atom. The summed E-state index contributed by atoms with van der Waals surface area (Å²) in [6, 6.07) is 1.87. The average molecular weight is 471 g/mol. The number of hydrogen-bond donors (Lipinski definition) is 0. The summed E-state index contributed by atoms with van der Waals surface area (Å²) in [6.07, 6.45) is 4.50. The van der Waals surface area contributed by atoms with Crippen molar-refractivity contribution < 1.29 is 31.4 Å². The summed E-state index contributed by atoms with van der Waals surface area (Å²) in [7, 11) is 0. The van der Waals surface area contributed by atoms with E-state index >= 15 is 0 Å². The third-order valence-corrected chi connectivity index (χ3v) is 7.80. The van der Waals surface area contributed by atoms with E-state index in [1.165, 1.54) is 44.4 Å². The molecule has 1 aliphatic heterocycles. The lowest BCUT2D eigenvalue weighted by atomic mass is 9.67. The van der Waals surface area contributed by atoms with Gasteiger partial charge in [-0.25, -0.2) is 8.78 Å². The molecule has 0 atom stereocenters. The van der Waals surface area contributed by atoms with Crippen molar-refractivity contribution in [3.05, 3.63) is 34.9 Å². The highest BCUT2D eigenvalue weighted by Crippen LogP contribution is 2.44. The summed E-state index contributed by atoms with van der Waals surface area (Å²) >= 11 is 0. The molecule has 0 radical (unpaired) electrons. The molecule has 0 amide bonds. The molecular weight excluding hydrogens is 439 g/mol. The largest absolute Gasteiger partial charge is 0.458 e. The molecular formula is C26H31F5O2. The van der Waals surface area contributed by atoms with Crippen LogP contribution in [0, 0.1) is 53.1 Å². The van der Waals surface area contributed by atoms with Gasteiger partial charge in [0.1, 0.15) is 11.6 Å². The van der Waals surface area contributed by atoms with Crippen molar-refractivity contribution in [3.63, 3.8) is 0 Å². The second-order valence-corrected chi connectivity index (χ2v) is 10.1. The Morgan fingerprint density at radius 1 is 0.758 bits per heavy atom. The lowest BCUT2D eigenvalue weighted by molar-refractivity contribution is -0.215. The Kier molecular flexibility index (Phi) is 7.65. The van der Waals surface area contributed by atoms with E-state index in [0.29, 0.717) is 19.1 Å². The van der Waals surface area contributed by atoms with Crippen molar-refractivity contribution in [2.45, 2.75) is 70.8 Å². The second-order valence-electron chi connectivity index (χ2n) is 10.1. The molecule has 182 valence electrons. The Hall–Kier alpha value is -1.65. The summed E-state index contributed by atoms with van der Waals surface area (Å²) < 4.78 is 76.7. The smallest absolute Gasteiger partial charge is 0.348 e. The lowest BCUT2D eigenvalue weighted by Crippen LogP contribution is -2.35. The van der Waals surface area contributed by atoms with Gasteiger partial charge in [-0.05, 0) is 74.3 Å². The van der Waals surface area contributed by atoms with Gasteiger partial charge in [0.05, 0.1) is 18.8 Å². The van der Waals surface area contributed by atoms with E-state index in [9.17, 15) is 22.0 Å². The van der Waals surface area contributed by atoms with Crippen LogP contribution in [0.4, 0.5) is 22.0 Å². The maximum absolute atomic E-state index is 14.2. The van der Waals surface area contributed by atoms with Crippen LogP contribution in [0.5, 0.6) is 0 Å². The van der Waals surface area contributed by atoms with Crippen LogP contribution in [0.15, 0.2) is 12.1 Å². The molecule has 1 aromatic carbocycles. The normalized spacial score (nSPS) is 33.3. The van der Waals surface area contributed by atoms with E-state index in [4.69, 9.17) is 9.47 Å². The zero-order valence-corrected chi connectivity index (χ0v) is 18.9. The van der Waals surface area contributed by atoms with Crippen molar-refractivity contribution in [2.75, 3.05) is 13.2 Å². The fourth-order valence-electron chi connectivity index (χ4n) is 5.81. The molecule has 0 bridgehead atoms. The van der Waals surface area contributed by atoms with E-state index in [1.54, 1.807) is 0 Å². The van der Waals surface area contributed by atoms with Crippen LogP contribution in [-0.2, 0) is 9.47 Å². The van der Waals surface area contributed by atoms with E-state index < -0.39 is 29.7 Å². The van der Waals surface area contributed by atoms with Gasteiger partial charge in [-0.1, -0.05) is 25.7 Å². The fraction of sp³-hybridized carbons (Fsp3) is 0.692. The molecule has 7 heteroatoms. The molecule has 1 aromatic rings. The fourth-order valence-corrected chi connectivity index (χ4v) is 5.81. The molecule has 2 nitrogen and oxygen atoms in total. The van der Waals surface area contributed by atoms with Crippen molar-refractivity contribution >= 4 is 0 Å². The van der Waals surface area contributed by atoms with Crippen LogP contribution in [0.1, 0.15) is 75.7 Å². The first-order valence-electron chi connectivity index (χ1n) is 12.0. The average Bonchev–Trinajstić information content (AvgIpc) is 2.78. The molecule has 0 unspecified atom stereocenters. The molecule has 0 spiro atoms. The second kappa shape index (κ2) is 10.3. The van der Waals surface area contributed by atoms with Crippen LogP contribution in [0.3, 0.4) is 0 Å². The standard InChI is InChI=1S/C26H31F5O2/c1-16-2-4-17(5-3-16)18-6-8-19(9-7-18)21-14-32-25(33-15-21)20-12-23(27)22(24(28)13-20)10-11-26(29,30)31/h12-13,16-19,21,25H,2-9,14-15H2,1H3. The van der Waals surface area contributed by atoms with Gasteiger partial charge in [0.2, 0.25) is 0 Å². The van der Waals surface area contributed by atoms with Crippen LogP contribution in [0.2, 0.25) is 0 Å². The number of rotatable bonds is 3. The monoisotopic (exact) mass is 470 g/mol. The Labute approximate surface area is 192 Å². The Balaban J connectivity index is 1.29.